The van der Waals surface area contributed by atoms with Gasteiger partial charge in [-0.15, -0.1) is 0 Å². The molecule has 0 aromatic heterocycles. The van der Waals surface area contributed by atoms with Crippen molar-refractivity contribution in [2.24, 2.45) is 0 Å². The minimum absolute atomic E-state index is 0.219. The van der Waals surface area contributed by atoms with Gasteiger partial charge in [0.1, 0.15) is 5.60 Å². The van der Waals surface area contributed by atoms with E-state index in [1.165, 1.54) is 19.1 Å². The number of amides is 1. The van der Waals surface area contributed by atoms with Crippen LogP contribution in [0.2, 0.25) is 5.02 Å². The Bertz CT molecular complexity index is 994. The third kappa shape index (κ3) is 5.26. The van der Waals surface area contributed by atoms with Crippen LogP contribution in [0.4, 0.5) is 5.69 Å². The summed E-state index contributed by atoms with van der Waals surface area (Å²) in [6.07, 6.45) is 0. The van der Waals surface area contributed by atoms with Gasteiger partial charge in [0.25, 0.3) is 5.69 Å². The molecular formula is C17H18ClN3O6S. The average molecular weight is 428 g/mol. The number of hydrogen-bond donors (Lipinski definition) is 3. The summed E-state index contributed by atoms with van der Waals surface area (Å²) in [7, 11) is -4.28. The fraction of sp³-hybridized carbons (Fsp3) is 0.235. The highest BCUT2D eigenvalue weighted by molar-refractivity contribution is 7.89. The fourth-order valence-corrected chi connectivity index (χ4v) is 3.89. The van der Waals surface area contributed by atoms with Gasteiger partial charge in [0, 0.05) is 16.7 Å². The topological polar surface area (TPSA) is 139 Å². The Kier molecular flexibility index (Phi) is 6.73. The van der Waals surface area contributed by atoms with Crippen molar-refractivity contribution in [3.05, 3.63) is 69.2 Å². The first-order valence-electron chi connectivity index (χ1n) is 8.02. The summed E-state index contributed by atoms with van der Waals surface area (Å²) in [5.41, 5.74) is -1.68. The summed E-state index contributed by atoms with van der Waals surface area (Å²) < 4.78 is 26.5. The second-order valence-electron chi connectivity index (χ2n) is 6.08. The first-order valence-corrected chi connectivity index (χ1v) is 9.88. The van der Waals surface area contributed by atoms with Crippen LogP contribution in [0.1, 0.15) is 12.5 Å². The number of nitrogens with zero attached hydrogens (tertiary/aromatic N) is 1. The van der Waals surface area contributed by atoms with Crippen LogP contribution in [0.15, 0.2) is 53.4 Å². The monoisotopic (exact) mass is 427 g/mol. The van der Waals surface area contributed by atoms with Gasteiger partial charge < -0.3 is 10.4 Å². The van der Waals surface area contributed by atoms with Gasteiger partial charge in [0.2, 0.25) is 15.9 Å². The number of hydrogen-bond acceptors (Lipinski definition) is 6. The van der Waals surface area contributed by atoms with Gasteiger partial charge in [-0.3, -0.25) is 14.9 Å². The smallest absolute Gasteiger partial charge is 0.289 e. The highest BCUT2D eigenvalue weighted by Crippen LogP contribution is 2.27. The summed E-state index contributed by atoms with van der Waals surface area (Å²) in [5, 5.41) is 24.2. The van der Waals surface area contributed by atoms with Crippen molar-refractivity contribution in [1.82, 2.24) is 10.0 Å². The van der Waals surface area contributed by atoms with Crippen molar-refractivity contribution in [2.75, 3.05) is 13.1 Å². The number of halogens is 1. The molecule has 0 saturated carbocycles. The molecule has 0 spiro atoms. The van der Waals surface area contributed by atoms with E-state index in [-0.39, 0.29) is 6.54 Å². The van der Waals surface area contributed by atoms with Crippen LogP contribution in [0.5, 0.6) is 0 Å². The fourth-order valence-electron chi connectivity index (χ4n) is 2.40. The second kappa shape index (κ2) is 8.65. The Labute approximate surface area is 166 Å². The molecule has 3 N–H and O–H groups in total. The molecule has 1 atom stereocenters. The molecule has 2 rings (SSSR count). The Morgan fingerprint density at radius 3 is 2.46 bits per heavy atom. The maximum absolute atomic E-state index is 12.3. The third-order valence-corrected chi connectivity index (χ3v) is 5.64. The van der Waals surface area contributed by atoms with E-state index in [2.05, 4.69) is 5.32 Å². The highest BCUT2D eigenvalue weighted by atomic mass is 35.5. The van der Waals surface area contributed by atoms with Gasteiger partial charge >= 0.3 is 0 Å². The molecule has 0 unspecified atom stereocenters. The van der Waals surface area contributed by atoms with Gasteiger partial charge in [-0.25, -0.2) is 13.1 Å². The molecular weight excluding hydrogens is 410 g/mol. The number of para-hydroxylation sites is 1. The van der Waals surface area contributed by atoms with Crippen LogP contribution in [0, 0.1) is 10.1 Å². The van der Waals surface area contributed by atoms with Crippen molar-refractivity contribution in [1.29, 1.82) is 0 Å². The summed E-state index contributed by atoms with van der Waals surface area (Å²) in [6.45, 7) is 0.571. The van der Waals surface area contributed by atoms with Gasteiger partial charge in [0.15, 0.2) is 4.90 Å². The summed E-state index contributed by atoms with van der Waals surface area (Å²) in [6, 6.07) is 11.4. The van der Waals surface area contributed by atoms with Crippen LogP contribution >= 0.6 is 11.6 Å². The zero-order valence-electron chi connectivity index (χ0n) is 14.8. The number of nitro benzene ring substituents is 1. The van der Waals surface area contributed by atoms with Crippen molar-refractivity contribution in [3.8, 4) is 0 Å². The van der Waals surface area contributed by atoms with E-state index in [4.69, 9.17) is 11.6 Å². The number of nitro groups is 1. The van der Waals surface area contributed by atoms with Crippen LogP contribution in [-0.4, -0.2) is 37.4 Å². The van der Waals surface area contributed by atoms with E-state index in [0.29, 0.717) is 10.6 Å². The lowest BCUT2D eigenvalue weighted by atomic mass is 9.96. The van der Waals surface area contributed by atoms with E-state index in [9.17, 15) is 28.4 Å². The number of sulfonamides is 1. The third-order valence-electron chi connectivity index (χ3n) is 3.86. The first kappa shape index (κ1) is 21.8. The zero-order valence-corrected chi connectivity index (χ0v) is 16.3. The maximum atomic E-state index is 12.3. The summed E-state index contributed by atoms with van der Waals surface area (Å²) in [5.74, 6) is -0.727. The molecule has 28 heavy (non-hydrogen) atoms. The average Bonchev–Trinajstić information content (AvgIpc) is 2.65. The Balaban J connectivity index is 2.01. The van der Waals surface area contributed by atoms with Crippen LogP contribution in [-0.2, 0) is 20.4 Å². The van der Waals surface area contributed by atoms with Crippen molar-refractivity contribution >= 4 is 33.2 Å². The molecule has 9 nitrogen and oxygen atoms in total. The predicted octanol–water partition coefficient (Wildman–Crippen LogP) is 1.55. The standard InChI is InChI=1S/C17H18ClN3O6S/c1-17(23,12-6-2-3-7-13(12)18)11-19-16(22)10-20-28(26,27)15-9-5-4-8-14(15)21(24)25/h2-9,20,23H,10-11H2,1H3,(H,19,22)/t17-/m0/s1. The van der Waals surface area contributed by atoms with Gasteiger partial charge in [-0.2, -0.15) is 0 Å². The lowest BCUT2D eigenvalue weighted by molar-refractivity contribution is -0.387. The first-order chi connectivity index (χ1) is 13.0. The number of nitrogens with one attached hydrogen (secondary N) is 2. The normalized spacial score (nSPS) is 13.5. The number of aliphatic hydroxyl groups is 1. The predicted molar refractivity (Wildman–Crippen MR) is 102 cm³/mol. The minimum Gasteiger partial charge on any atom is -0.384 e. The molecule has 0 saturated heterocycles. The molecule has 0 aliphatic heterocycles. The van der Waals surface area contributed by atoms with Gasteiger partial charge in [-0.1, -0.05) is 41.9 Å². The lowest BCUT2D eigenvalue weighted by Crippen LogP contribution is -2.43. The SMILES string of the molecule is C[C@](O)(CNC(=O)CNS(=O)(=O)c1ccccc1[N+](=O)[O-])c1ccccc1Cl. The number of carbonyl (C=O) groups excluding carboxylic acids is 1. The Hall–Kier alpha value is -2.53. The summed E-state index contributed by atoms with van der Waals surface area (Å²) in [4.78, 5) is 21.6. The largest absolute Gasteiger partial charge is 0.384 e. The molecule has 11 heteroatoms. The Morgan fingerprint density at radius 2 is 1.82 bits per heavy atom. The van der Waals surface area contributed by atoms with Crippen LogP contribution in [0.25, 0.3) is 0 Å². The van der Waals surface area contributed by atoms with Crippen molar-refractivity contribution in [2.45, 2.75) is 17.4 Å². The van der Waals surface area contributed by atoms with Gasteiger partial charge in [0.05, 0.1) is 18.0 Å². The zero-order chi connectivity index (χ0) is 20.9. The second-order valence-corrected chi connectivity index (χ2v) is 8.22. The maximum Gasteiger partial charge on any atom is 0.289 e. The van der Waals surface area contributed by atoms with E-state index in [0.717, 1.165) is 12.1 Å². The number of rotatable bonds is 8. The van der Waals surface area contributed by atoms with Gasteiger partial charge in [-0.05, 0) is 19.1 Å². The summed E-state index contributed by atoms with van der Waals surface area (Å²) >= 11 is 6.03. The molecule has 0 heterocycles. The van der Waals surface area contributed by atoms with Crippen molar-refractivity contribution in [3.63, 3.8) is 0 Å². The highest BCUT2D eigenvalue weighted by Gasteiger charge is 2.28. The van der Waals surface area contributed by atoms with E-state index in [1.54, 1.807) is 24.3 Å². The van der Waals surface area contributed by atoms with Crippen LogP contribution < -0.4 is 10.0 Å². The molecule has 1 amide bonds. The Morgan fingerprint density at radius 1 is 1.21 bits per heavy atom. The van der Waals surface area contributed by atoms with Crippen molar-refractivity contribution < 1.29 is 23.2 Å². The molecule has 0 aliphatic carbocycles. The minimum atomic E-state index is -4.28. The molecule has 0 fully saturated rings. The molecule has 2 aromatic carbocycles. The molecule has 150 valence electrons. The number of carbonyl (C=O) groups is 1. The molecule has 0 aliphatic rings. The lowest BCUT2D eigenvalue weighted by Gasteiger charge is -2.25. The number of benzene rings is 2. The quantitative estimate of drug-likeness (QED) is 0.431. The van der Waals surface area contributed by atoms with Crippen LogP contribution in [0.3, 0.4) is 0 Å². The molecule has 2 aromatic rings. The molecule has 0 radical (unpaired) electrons. The van der Waals surface area contributed by atoms with E-state index < -0.39 is 43.6 Å². The van der Waals surface area contributed by atoms with E-state index >= 15 is 0 Å². The molecule has 0 bridgehead atoms. The van der Waals surface area contributed by atoms with E-state index in [1.807, 2.05) is 4.72 Å².